The van der Waals surface area contributed by atoms with Crippen molar-refractivity contribution in [1.82, 2.24) is 0 Å². The molecule has 4 heteroatoms. The Balaban J connectivity index is -0.000000261. The van der Waals surface area contributed by atoms with Gasteiger partial charge >= 0.3 is 0 Å². The molecule has 0 heterocycles. The maximum absolute atomic E-state index is 2.29. The number of hydrogen-bond donors (Lipinski definition) is 0. The first kappa shape index (κ1) is 34.0. The molecule has 0 aliphatic rings. The highest BCUT2D eigenvalue weighted by molar-refractivity contribution is 4.48. The number of halogens is 2. The molecule has 0 bridgehead atoms. The lowest BCUT2D eigenvalue weighted by Crippen LogP contribution is -3.00. The Morgan fingerprint density at radius 2 is 0.692 bits per heavy atom. The number of unbranched alkanes of at least 4 members (excludes halogenated alkanes) is 11. The Bertz CT molecular complexity index is 246. The van der Waals surface area contributed by atoms with Gasteiger partial charge in [-0.25, -0.2) is 0 Å². The van der Waals surface area contributed by atoms with Crippen molar-refractivity contribution in [1.29, 1.82) is 0 Å². The van der Waals surface area contributed by atoms with Crippen molar-refractivity contribution >= 4 is 0 Å². The molecule has 0 N–H and O–H groups in total. The van der Waals surface area contributed by atoms with Gasteiger partial charge in [-0.3, -0.25) is 0 Å². The normalized spacial score (nSPS) is 11.1. The van der Waals surface area contributed by atoms with Crippen LogP contribution in [-0.2, 0) is 0 Å². The molecular formula is C22H52Cl2N2. The van der Waals surface area contributed by atoms with Gasteiger partial charge < -0.3 is 33.8 Å². The average Bonchev–Trinajstić information content (AvgIpc) is 2.47. The van der Waals surface area contributed by atoms with Crippen molar-refractivity contribution in [2.45, 2.75) is 90.9 Å². The second kappa shape index (κ2) is 21.8. The maximum Gasteiger partial charge on any atom is 0.0780 e. The minimum absolute atomic E-state index is 0. The second-order valence-corrected chi connectivity index (χ2v) is 9.51. The molecule has 0 aromatic heterocycles. The summed E-state index contributed by atoms with van der Waals surface area (Å²) in [5.74, 6) is 0. The van der Waals surface area contributed by atoms with E-state index in [1.54, 1.807) is 0 Å². The first-order valence-electron chi connectivity index (χ1n) is 10.7. The van der Waals surface area contributed by atoms with E-state index in [-0.39, 0.29) is 24.8 Å². The van der Waals surface area contributed by atoms with Gasteiger partial charge in [-0.2, -0.15) is 0 Å². The third kappa shape index (κ3) is 39.5. The number of nitrogens with zero attached hydrogens (tertiary/aromatic N) is 2. The summed E-state index contributed by atoms with van der Waals surface area (Å²) in [5, 5.41) is 0. The lowest BCUT2D eigenvalue weighted by Gasteiger charge is -2.23. The van der Waals surface area contributed by atoms with Crippen LogP contribution in [0.2, 0.25) is 0 Å². The first-order valence-corrected chi connectivity index (χ1v) is 10.7. The molecule has 2 nitrogen and oxygen atoms in total. The van der Waals surface area contributed by atoms with E-state index in [1.807, 2.05) is 0 Å². The van der Waals surface area contributed by atoms with Gasteiger partial charge in [-0.1, -0.05) is 71.1 Å². The summed E-state index contributed by atoms with van der Waals surface area (Å²) in [7, 11) is 13.4. The molecular weight excluding hydrogens is 363 g/mol. The molecule has 0 saturated carbocycles. The van der Waals surface area contributed by atoms with Crippen LogP contribution in [0.5, 0.6) is 0 Å². The van der Waals surface area contributed by atoms with Crippen LogP contribution in [0, 0.1) is 0 Å². The smallest absolute Gasteiger partial charge is 0.0780 e. The quantitative estimate of drug-likeness (QED) is 0.279. The van der Waals surface area contributed by atoms with Crippen LogP contribution >= 0.6 is 0 Å². The summed E-state index contributed by atoms with van der Waals surface area (Å²) in [6.45, 7) is 7.01. The molecule has 0 aliphatic heterocycles. The molecule has 26 heavy (non-hydrogen) atoms. The zero-order chi connectivity index (χ0) is 18.9. The van der Waals surface area contributed by atoms with Crippen LogP contribution in [0.15, 0.2) is 0 Å². The SMILES string of the molecule is CCCCCCCCCCCCCC[N+](C)(C)C.CC[N+](C)(C)C.[Cl-].[Cl-]. The number of rotatable bonds is 14. The molecule has 0 aliphatic carbocycles. The molecule has 0 rings (SSSR count). The van der Waals surface area contributed by atoms with Crippen molar-refractivity contribution in [2.24, 2.45) is 0 Å². The Kier molecular flexibility index (Phi) is 28.5. The van der Waals surface area contributed by atoms with Gasteiger partial charge in [0.2, 0.25) is 0 Å². The third-order valence-electron chi connectivity index (χ3n) is 4.63. The van der Waals surface area contributed by atoms with Gasteiger partial charge in [0.15, 0.2) is 0 Å². The highest BCUT2D eigenvalue weighted by Crippen LogP contribution is 2.12. The molecule has 164 valence electrons. The van der Waals surface area contributed by atoms with Crippen molar-refractivity contribution in [3.8, 4) is 0 Å². The van der Waals surface area contributed by atoms with E-state index in [4.69, 9.17) is 0 Å². The lowest BCUT2D eigenvalue weighted by molar-refractivity contribution is -0.870. The van der Waals surface area contributed by atoms with Gasteiger partial charge in [0, 0.05) is 0 Å². The van der Waals surface area contributed by atoms with Gasteiger partial charge in [0.05, 0.1) is 55.4 Å². The van der Waals surface area contributed by atoms with E-state index in [1.165, 1.54) is 90.1 Å². The van der Waals surface area contributed by atoms with E-state index in [9.17, 15) is 0 Å². The summed E-state index contributed by atoms with van der Waals surface area (Å²) in [4.78, 5) is 0. The minimum atomic E-state index is 0. The highest BCUT2D eigenvalue weighted by Gasteiger charge is 2.04. The highest BCUT2D eigenvalue weighted by atomic mass is 35.5. The molecule has 0 amide bonds. The third-order valence-corrected chi connectivity index (χ3v) is 4.63. The topological polar surface area (TPSA) is 0 Å². The largest absolute Gasteiger partial charge is 1.00 e. The summed E-state index contributed by atoms with van der Waals surface area (Å²) in [5.41, 5.74) is 0. The Morgan fingerprint density at radius 3 is 0.923 bits per heavy atom. The Morgan fingerprint density at radius 1 is 0.423 bits per heavy atom. The van der Waals surface area contributed by atoms with Crippen LogP contribution < -0.4 is 24.8 Å². The van der Waals surface area contributed by atoms with Gasteiger partial charge in [-0.15, -0.1) is 0 Å². The summed E-state index contributed by atoms with van der Waals surface area (Å²) < 4.78 is 2.19. The second-order valence-electron chi connectivity index (χ2n) is 9.51. The Hall–Kier alpha value is 0.500. The van der Waals surface area contributed by atoms with Gasteiger partial charge in [0.25, 0.3) is 0 Å². The fraction of sp³-hybridized carbons (Fsp3) is 1.00. The lowest BCUT2D eigenvalue weighted by atomic mass is 10.1. The fourth-order valence-corrected chi connectivity index (χ4v) is 2.43. The van der Waals surface area contributed by atoms with Crippen molar-refractivity contribution in [3.05, 3.63) is 0 Å². The molecule has 0 atom stereocenters. The van der Waals surface area contributed by atoms with Crippen molar-refractivity contribution in [2.75, 3.05) is 55.4 Å². The molecule has 0 aromatic rings. The number of quaternary nitrogens is 2. The van der Waals surface area contributed by atoms with E-state index < -0.39 is 0 Å². The van der Waals surface area contributed by atoms with Crippen LogP contribution in [-0.4, -0.2) is 64.3 Å². The predicted octanol–water partition coefficient (Wildman–Crippen LogP) is 0.114. The molecule has 0 fully saturated rings. The van der Waals surface area contributed by atoms with E-state index in [0.29, 0.717) is 0 Å². The molecule has 0 spiro atoms. The van der Waals surface area contributed by atoms with Crippen molar-refractivity contribution in [3.63, 3.8) is 0 Å². The summed E-state index contributed by atoms with van der Waals surface area (Å²) in [6.07, 6.45) is 17.4. The van der Waals surface area contributed by atoms with Crippen LogP contribution in [0.4, 0.5) is 0 Å². The van der Waals surface area contributed by atoms with Crippen LogP contribution in [0.25, 0.3) is 0 Å². The molecule has 0 saturated heterocycles. The van der Waals surface area contributed by atoms with Gasteiger partial charge in [0.1, 0.15) is 0 Å². The molecule has 0 radical (unpaired) electrons. The maximum atomic E-state index is 2.29. The molecule has 0 unspecified atom stereocenters. The Labute approximate surface area is 180 Å². The summed E-state index contributed by atoms with van der Waals surface area (Å²) >= 11 is 0. The van der Waals surface area contributed by atoms with Crippen LogP contribution in [0.1, 0.15) is 90.9 Å². The van der Waals surface area contributed by atoms with E-state index in [2.05, 4.69) is 56.1 Å². The monoisotopic (exact) mass is 414 g/mol. The minimum Gasteiger partial charge on any atom is -1.00 e. The predicted molar refractivity (Wildman–Crippen MR) is 113 cm³/mol. The first-order chi connectivity index (χ1) is 11.1. The summed E-state index contributed by atoms with van der Waals surface area (Å²) in [6, 6.07) is 0. The zero-order valence-electron chi connectivity index (χ0n) is 19.5. The average molecular weight is 416 g/mol. The van der Waals surface area contributed by atoms with Gasteiger partial charge in [-0.05, 0) is 19.8 Å². The standard InChI is InChI=1S/C17H38N.C5H14N.2ClH/c1-5-6-7-8-9-10-11-12-13-14-15-16-17-18(2,3)4;1-5-6(2,3)4;;/h5-17H2,1-4H3;5H2,1-4H3;2*1H/q2*+1;;/p-2. The van der Waals surface area contributed by atoms with E-state index >= 15 is 0 Å². The van der Waals surface area contributed by atoms with Crippen LogP contribution in [0.3, 0.4) is 0 Å². The zero-order valence-corrected chi connectivity index (χ0v) is 21.1. The van der Waals surface area contributed by atoms with E-state index in [0.717, 1.165) is 8.97 Å². The van der Waals surface area contributed by atoms with Crippen molar-refractivity contribution < 1.29 is 33.8 Å². The molecule has 0 aromatic carbocycles. The number of hydrogen-bond acceptors (Lipinski definition) is 0. The fourth-order valence-electron chi connectivity index (χ4n) is 2.43.